The molecule has 0 aliphatic carbocycles. The molecule has 0 radical (unpaired) electrons. The van der Waals surface area contributed by atoms with E-state index in [1.54, 1.807) is 4.68 Å². The first-order chi connectivity index (χ1) is 12.3. The minimum atomic E-state index is 0.378. The van der Waals surface area contributed by atoms with E-state index in [2.05, 4.69) is 51.6 Å². The van der Waals surface area contributed by atoms with Crippen LogP contribution in [0.3, 0.4) is 0 Å². The van der Waals surface area contributed by atoms with E-state index in [0.29, 0.717) is 6.04 Å². The first-order valence-electron chi connectivity index (χ1n) is 8.59. The van der Waals surface area contributed by atoms with E-state index in [9.17, 15) is 0 Å². The summed E-state index contributed by atoms with van der Waals surface area (Å²) in [6, 6.07) is 18.8. The van der Waals surface area contributed by atoms with E-state index in [-0.39, 0.29) is 0 Å². The van der Waals surface area contributed by atoms with Crippen LogP contribution in [0, 0.1) is 0 Å². The summed E-state index contributed by atoms with van der Waals surface area (Å²) in [5.74, 6) is 0.747. The van der Waals surface area contributed by atoms with Crippen molar-refractivity contribution in [3.05, 3.63) is 60.2 Å². The lowest BCUT2D eigenvalue weighted by atomic mass is 10.0. The highest BCUT2D eigenvalue weighted by atomic mass is 16.5. The van der Waals surface area contributed by atoms with Crippen molar-refractivity contribution in [1.82, 2.24) is 25.1 Å². The summed E-state index contributed by atoms with van der Waals surface area (Å²) in [5, 5.41) is 12.2. The van der Waals surface area contributed by atoms with Crippen LogP contribution in [0.25, 0.3) is 17.1 Å². The van der Waals surface area contributed by atoms with Crippen LogP contribution in [0.4, 0.5) is 0 Å². The average molecular weight is 335 g/mol. The third kappa shape index (κ3) is 3.31. The van der Waals surface area contributed by atoms with Gasteiger partial charge in [-0.1, -0.05) is 42.5 Å². The highest BCUT2D eigenvalue weighted by Crippen LogP contribution is 2.25. The molecule has 1 saturated heterocycles. The summed E-state index contributed by atoms with van der Waals surface area (Å²) >= 11 is 0. The molecule has 1 atom stereocenters. The van der Waals surface area contributed by atoms with Gasteiger partial charge in [0.15, 0.2) is 5.82 Å². The zero-order valence-corrected chi connectivity index (χ0v) is 14.2. The van der Waals surface area contributed by atoms with Crippen LogP contribution in [0.2, 0.25) is 0 Å². The topological polar surface area (TPSA) is 56.1 Å². The largest absolute Gasteiger partial charge is 0.379 e. The predicted octanol–water partition coefficient (Wildman–Crippen LogP) is 2.72. The van der Waals surface area contributed by atoms with Crippen molar-refractivity contribution in [2.75, 3.05) is 26.3 Å². The minimum Gasteiger partial charge on any atom is -0.379 e. The number of hydrogen-bond acceptors (Lipinski definition) is 5. The Balaban J connectivity index is 1.58. The number of aromatic nitrogens is 4. The lowest BCUT2D eigenvalue weighted by Crippen LogP contribution is -2.37. The van der Waals surface area contributed by atoms with E-state index in [4.69, 9.17) is 4.74 Å². The van der Waals surface area contributed by atoms with Gasteiger partial charge in [0, 0.05) is 24.7 Å². The lowest BCUT2D eigenvalue weighted by molar-refractivity contribution is 0.0198. The van der Waals surface area contributed by atoms with E-state index in [0.717, 1.165) is 43.4 Å². The second-order valence-corrected chi connectivity index (χ2v) is 6.20. The van der Waals surface area contributed by atoms with Crippen LogP contribution in [0.5, 0.6) is 0 Å². The highest BCUT2D eigenvalue weighted by Gasteiger charge is 2.19. The number of morpholine rings is 1. The Morgan fingerprint density at radius 3 is 2.40 bits per heavy atom. The molecule has 1 aliphatic rings. The highest BCUT2D eigenvalue weighted by molar-refractivity contribution is 5.57. The molecule has 4 rings (SSSR count). The maximum Gasteiger partial charge on any atom is 0.187 e. The van der Waals surface area contributed by atoms with Gasteiger partial charge >= 0.3 is 0 Å². The Kier molecular flexibility index (Phi) is 4.54. The monoisotopic (exact) mass is 335 g/mol. The van der Waals surface area contributed by atoms with E-state index in [1.165, 1.54) is 5.56 Å². The Bertz CT molecular complexity index is 809. The molecule has 0 N–H and O–H groups in total. The Labute approximate surface area is 147 Å². The van der Waals surface area contributed by atoms with Crippen molar-refractivity contribution in [3.8, 4) is 17.1 Å². The minimum absolute atomic E-state index is 0.378. The van der Waals surface area contributed by atoms with Gasteiger partial charge in [0.25, 0.3) is 0 Å². The van der Waals surface area contributed by atoms with Crippen LogP contribution in [-0.4, -0.2) is 51.4 Å². The number of para-hydroxylation sites is 1. The van der Waals surface area contributed by atoms with Gasteiger partial charge in [0.1, 0.15) is 0 Å². The summed E-state index contributed by atoms with van der Waals surface area (Å²) in [4.78, 5) is 2.45. The third-order valence-corrected chi connectivity index (χ3v) is 4.71. The van der Waals surface area contributed by atoms with E-state index >= 15 is 0 Å². The fourth-order valence-electron chi connectivity index (χ4n) is 3.20. The second-order valence-electron chi connectivity index (χ2n) is 6.20. The van der Waals surface area contributed by atoms with Crippen molar-refractivity contribution in [1.29, 1.82) is 0 Å². The lowest BCUT2D eigenvalue weighted by Gasteiger charge is -2.32. The zero-order valence-electron chi connectivity index (χ0n) is 14.2. The van der Waals surface area contributed by atoms with Crippen molar-refractivity contribution in [2.24, 2.45) is 0 Å². The molecule has 6 nitrogen and oxygen atoms in total. The summed E-state index contributed by atoms with van der Waals surface area (Å²) in [7, 11) is 0. The standard InChI is InChI=1S/C19H21N5O/c1-15(23-11-13-25-14-12-23)16-7-9-17(10-8-16)19-20-21-22-24(19)18-5-3-2-4-6-18/h2-10,15H,11-14H2,1H3/t15-/m0/s1. The maximum absolute atomic E-state index is 5.44. The van der Waals surface area contributed by atoms with Gasteiger partial charge in [-0.25, -0.2) is 0 Å². The molecule has 2 heterocycles. The first-order valence-corrected chi connectivity index (χ1v) is 8.59. The summed E-state index contributed by atoms with van der Waals surface area (Å²) < 4.78 is 7.21. The van der Waals surface area contributed by atoms with Gasteiger partial charge in [-0.15, -0.1) is 5.10 Å². The number of nitrogens with zero attached hydrogens (tertiary/aromatic N) is 5. The third-order valence-electron chi connectivity index (χ3n) is 4.71. The van der Waals surface area contributed by atoms with Gasteiger partial charge in [0.05, 0.1) is 18.9 Å². The summed E-state index contributed by atoms with van der Waals surface area (Å²) in [5.41, 5.74) is 3.25. The molecule has 0 bridgehead atoms. The summed E-state index contributed by atoms with van der Waals surface area (Å²) in [6.45, 7) is 5.83. The van der Waals surface area contributed by atoms with Gasteiger partial charge in [-0.05, 0) is 35.0 Å². The van der Waals surface area contributed by atoms with Crippen LogP contribution in [0.15, 0.2) is 54.6 Å². The van der Waals surface area contributed by atoms with Gasteiger partial charge in [0.2, 0.25) is 0 Å². The van der Waals surface area contributed by atoms with Crippen LogP contribution in [-0.2, 0) is 4.74 Å². The van der Waals surface area contributed by atoms with E-state index < -0.39 is 0 Å². The normalized spacial score (nSPS) is 16.7. The molecule has 3 aromatic rings. The molecule has 0 unspecified atom stereocenters. The van der Waals surface area contributed by atoms with Crippen LogP contribution >= 0.6 is 0 Å². The molecule has 0 saturated carbocycles. The number of hydrogen-bond donors (Lipinski definition) is 0. The van der Waals surface area contributed by atoms with Gasteiger partial charge in [-0.2, -0.15) is 4.68 Å². The molecule has 1 aliphatic heterocycles. The fourth-order valence-corrected chi connectivity index (χ4v) is 3.20. The van der Waals surface area contributed by atoms with Crippen molar-refractivity contribution in [2.45, 2.75) is 13.0 Å². The predicted molar refractivity (Wildman–Crippen MR) is 95.4 cm³/mol. The summed E-state index contributed by atoms with van der Waals surface area (Å²) in [6.07, 6.45) is 0. The number of tetrazole rings is 1. The molecule has 0 spiro atoms. The molecule has 2 aromatic carbocycles. The first kappa shape index (κ1) is 15.9. The van der Waals surface area contributed by atoms with Crippen LogP contribution < -0.4 is 0 Å². The number of rotatable bonds is 4. The van der Waals surface area contributed by atoms with Gasteiger partial charge in [-0.3, -0.25) is 4.90 Å². The van der Waals surface area contributed by atoms with Crippen molar-refractivity contribution in [3.63, 3.8) is 0 Å². The molecule has 25 heavy (non-hydrogen) atoms. The molecule has 1 aromatic heterocycles. The quantitative estimate of drug-likeness (QED) is 0.734. The molecule has 128 valence electrons. The molecule has 0 amide bonds. The molecular formula is C19H21N5O. The maximum atomic E-state index is 5.44. The van der Waals surface area contributed by atoms with Crippen molar-refractivity contribution < 1.29 is 4.74 Å². The Morgan fingerprint density at radius 2 is 1.68 bits per heavy atom. The molecule has 6 heteroatoms. The molecular weight excluding hydrogens is 314 g/mol. The number of ether oxygens (including phenoxy) is 1. The zero-order chi connectivity index (χ0) is 17.1. The SMILES string of the molecule is C[C@@H](c1ccc(-c2nnnn2-c2ccccc2)cc1)N1CCOCC1. The van der Waals surface area contributed by atoms with E-state index in [1.807, 2.05) is 30.3 Å². The Hall–Kier alpha value is -2.57. The van der Waals surface area contributed by atoms with Crippen molar-refractivity contribution >= 4 is 0 Å². The van der Waals surface area contributed by atoms with Crippen LogP contribution in [0.1, 0.15) is 18.5 Å². The fraction of sp³-hybridized carbons (Fsp3) is 0.316. The second kappa shape index (κ2) is 7.13. The molecule has 1 fully saturated rings. The average Bonchev–Trinajstić information content (AvgIpc) is 3.19. The van der Waals surface area contributed by atoms with Gasteiger partial charge < -0.3 is 4.74 Å². The number of benzene rings is 2. The Morgan fingerprint density at radius 1 is 0.960 bits per heavy atom. The smallest absolute Gasteiger partial charge is 0.187 e.